The summed E-state index contributed by atoms with van der Waals surface area (Å²) in [6.45, 7) is 1.51. The van der Waals surface area contributed by atoms with Gasteiger partial charge >= 0.3 is 12.1 Å². The van der Waals surface area contributed by atoms with Crippen molar-refractivity contribution in [3.8, 4) is 5.75 Å². The minimum atomic E-state index is -0.651. The Morgan fingerprint density at radius 1 is 1.28 bits per heavy atom. The van der Waals surface area contributed by atoms with Gasteiger partial charge in [-0.3, -0.25) is 19.3 Å². The first-order valence-electron chi connectivity index (χ1n) is 10.8. The number of hydrogen-bond donors (Lipinski definition) is 2. The summed E-state index contributed by atoms with van der Waals surface area (Å²) in [5.41, 5.74) is 3.56. The first-order valence-corrected chi connectivity index (χ1v) is 11.8. The van der Waals surface area contributed by atoms with E-state index < -0.39 is 24.0 Å². The lowest BCUT2D eigenvalue weighted by molar-refractivity contribution is -0.132. The molecule has 36 heavy (non-hydrogen) atoms. The molecule has 2 aliphatic heterocycles. The Morgan fingerprint density at radius 2 is 2.06 bits per heavy atom. The summed E-state index contributed by atoms with van der Waals surface area (Å²) in [4.78, 5) is 47.9. The number of halogens is 1. The fourth-order valence-corrected chi connectivity index (χ4v) is 4.16. The number of thioether (sulfide) groups is 1. The molecule has 2 heterocycles. The smallest absolute Gasteiger partial charge is 0.414 e. The van der Waals surface area contributed by atoms with Gasteiger partial charge in [-0.2, -0.15) is 5.10 Å². The predicted molar refractivity (Wildman–Crippen MR) is 131 cm³/mol. The van der Waals surface area contributed by atoms with Gasteiger partial charge in [-0.25, -0.2) is 14.6 Å². The van der Waals surface area contributed by atoms with Gasteiger partial charge in [-0.1, -0.05) is 23.9 Å². The van der Waals surface area contributed by atoms with Crippen LogP contribution in [-0.4, -0.2) is 53.9 Å². The largest absolute Gasteiger partial charge is 0.442 e. The van der Waals surface area contributed by atoms with Crippen LogP contribution in [-0.2, 0) is 19.1 Å². The van der Waals surface area contributed by atoms with Gasteiger partial charge in [0.15, 0.2) is 0 Å². The lowest BCUT2D eigenvalue weighted by Gasteiger charge is -2.16. The van der Waals surface area contributed by atoms with Crippen molar-refractivity contribution >= 4 is 52.4 Å². The van der Waals surface area contributed by atoms with Gasteiger partial charge in [0.1, 0.15) is 22.7 Å². The van der Waals surface area contributed by atoms with Gasteiger partial charge in [-0.05, 0) is 42.0 Å². The Kier molecular flexibility index (Phi) is 7.64. The molecule has 0 radical (unpaired) electrons. The summed E-state index contributed by atoms with van der Waals surface area (Å²) < 4.78 is 24.9. The molecule has 0 bridgehead atoms. The predicted octanol–water partition coefficient (Wildman–Crippen LogP) is 2.43. The van der Waals surface area contributed by atoms with Crippen LogP contribution in [0.1, 0.15) is 18.1 Å². The fourth-order valence-electron chi connectivity index (χ4n) is 3.39. The zero-order valence-corrected chi connectivity index (χ0v) is 19.8. The molecular formula is C24H21FN4O6S. The molecule has 12 heteroatoms. The highest BCUT2D eigenvalue weighted by Crippen LogP contribution is 2.26. The third-order valence-corrected chi connectivity index (χ3v) is 6.05. The van der Waals surface area contributed by atoms with Crippen molar-refractivity contribution in [2.75, 3.05) is 23.7 Å². The van der Waals surface area contributed by atoms with Crippen LogP contribution in [0.25, 0.3) is 6.08 Å². The number of anilines is 1. The standard InChI is InChI=1S/C24H21FN4O6S/c1-14(30)34-17-6-2-15(3-7-17)4-9-21(31)26-11-18-12-29(24(33)35-18)16-5-8-19(20(25)10-16)23-28-27-22(32)13-36-23/h2-10,18H,11-13H2,1H3,(H,26,31)(H,27,32)/b9-4+/t18-/m0/s1. The van der Waals surface area contributed by atoms with E-state index in [0.29, 0.717) is 16.5 Å². The molecule has 4 rings (SSSR count). The van der Waals surface area contributed by atoms with Crippen molar-refractivity contribution in [3.63, 3.8) is 0 Å². The maximum atomic E-state index is 14.7. The van der Waals surface area contributed by atoms with Crippen molar-refractivity contribution in [1.29, 1.82) is 0 Å². The van der Waals surface area contributed by atoms with Crippen molar-refractivity contribution in [2.45, 2.75) is 13.0 Å². The minimum Gasteiger partial charge on any atom is -0.442 e. The Bertz CT molecular complexity index is 1260. The van der Waals surface area contributed by atoms with E-state index in [1.54, 1.807) is 36.4 Å². The highest BCUT2D eigenvalue weighted by atomic mass is 32.2. The third-order valence-electron chi connectivity index (χ3n) is 5.06. The number of ether oxygens (including phenoxy) is 2. The summed E-state index contributed by atoms with van der Waals surface area (Å²) in [7, 11) is 0. The molecule has 0 saturated carbocycles. The Labute approximate surface area is 209 Å². The highest BCUT2D eigenvalue weighted by Gasteiger charge is 2.33. The van der Waals surface area contributed by atoms with Crippen LogP contribution < -0.4 is 20.4 Å². The van der Waals surface area contributed by atoms with E-state index in [1.807, 2.05) is 0 Å². The van der Waals surface area contributed by atoms with Crippen LogP contribution in [0.4, 0.5) is 14.9 Å². The van der Waals surface area contributed by atoms with Crippen LogP contribution in [0, 0.1) is 5.82 Å². The number of nitrogens with one attached hydrogen (secondary N) is 2. The highest BCUT2D eigenvalue weighted by molar-refractivity contribution is 8.15. The first-order chi connectivity index (χ1) is 17.3. The van der Waals surface area contributed by atoms with Crippen LogP contribution in [0.2, 0.25) is 0 Å². The maximum Gasteiger partial charge on any atom is 0.414 e. The van der Waals surface area contributed by atoms with Gasteiger partial charge in [0.25, 0.3) is 5.91 Å². The number of esters is 1. The minimum absolute atomic E-state index is 0.0739. The Morgan fingerprint density at radius 3 is 2.72 bits per heavy atom. The second-order valence-electron chi connectivity index (χ2n) is 7.76. The van der Waals surface area contributed by atoms with Gasteiger partial charge in [0.2, 0.25) is 5.91 Å². The Hall–Kier alpha value is -4.19. The summed E-state index contributed by atoms with van der Waals surface area (Å²) in [5.74, 6) is -1.11. The quantitative estimate of drug-likeness (QED) is 0.332. The van der Waals surface area contributed by atoms with Gasteiger partial charge in [0, 0.05) is 18.6 Å². The van der Waals surface area contributed by atoms with Crippen molar-refractivity contribution in [3.05, 3.63) is 65.5 Å². The molecule has 2 N–H and O–H groups in total. The first kappa shape index (κ1) is 24.9. The molecule has 10 nitrogen and oxygen atoms in total. The second kappa shape index (κ2) is 11.0. The molecule has 186 valence electrons. The average Bonchev–Trinajstić information content (AvgIpc) is 3.23. The number of amides is 3. The summed E-state index contributed by atoms with van der Waals surface area (Å²) >= 11 is 1.12. The molecule has 2 aliphatic rings. The molecule has 0 aromatic heterocycles. The molecule has 0 unspecified atom stereocenters. The second-order valence-corrected chi connectivity index (χ2v) is 8.73. The van der Waals surface area contributed by atoms with E-state index in [9.17, 15) is 23.6 Å². The van der Waals surface area contributed by atoms with Crippen LogP contribution in [0.5, 0.6) is 5.75 Å². The molecule has 0 aliphatic carbocycles. The van der Waals surface area contributed by atoms with Crippen molar-refractivity contribution < 1.29 is 33.0 Å². The molecule has 2 aromatic carbocycles. The number of cyclic esters (lactones) is 1. The third kappa shape index (κ3) is 6.27. The number of hydrazone groups is 1. The summed E-state index contributed by atoms with van der Waals surface area (Å²) in [6.07, 6.45) is 1.65. The topological polar surface area (TPSA) is 126 Å². The number of nitrogens with zero attached hydrogens (tertiary/aromatic N) is 2. The van der Waals surface area contributed by atoms with Gasteiger partial charge in [-0.15, -0.1) is 0 Å². The average molecular weight is 513 g/mol. The number of rotatable bonds is 7. The zero-order chi connectivity index (χ0) is 25.7. The molecular weight excluding hydrogens is 491 g/mol. The molecule has 0 spiro atoms. The van der Waals surface area contributed by atoms with E-state index in [-0.39, 0.29) is 36.2 Å². The Balaban J connectivity index is 1.30. The number of benzene rings is 2. The van der Waals surface area contributed by atoms with Crippen LogP contribution >= 0.6 is 11.8 Å². The molecule has 2 aromatic rings. The molecule has 1 fully saturated rings. The van der Waals surface area contributed by atoms with E-state index in [0.717, 1.165) is 17.3 Å². The van der Waals surface area contributed by atoms with Gasteiger partial charge in [0.05, 0.1) is 24.5 Å². The van der Waals surface area contributed by atoms with Crippen molar-refractivity contribution in [1.82, 2.24) is 10.7 Å². The molecule has 3 amide bonds. The fraction of sp³-hybridized carbons (Fsp3) is 0.208. The lowest BCUT2D eigenvalue weighted by atomic mass is 10.2. The molecule has 1 atom stereocenters. The maximum absolute atomic E-state index is 14.7. The monoisotopic (exact) mass is 512 g/mol. The van der Waals surface area contributed by atoms with Crippen molar-refractivity contribution in [2.24, 2.45) is 5.10 Å². The number of carbonyl (C=O) groups excluding carboxylic acids is 4. The summed E-state index contributed by atoms with van der Waals surface area (Å²) in [6, 6.07) is 10.9. The SMILES string of the molecule is CC(=O)Oc1ccc(/C=C/C(=O)NC[C@H]2CN(c3ccc(C4=NNC(=O)CS4)c(F)c3)C(=O)O2)cc1. The van der Waals surface area contributed by atoms with E-state index in [2.05, 4.69) is 15.8 Å². The van der Waals surface area contributed by atoms with E-state index >= 15 is 0 Å². The lowest BCUT2D eigenvalue weighted by Crippen LogP contribution is -2.33. The van der Waals surface area contributed by atoms with Crippen LogP contribution in [0.3, 0.4) is 0 Å². The molecule has 1 saturated heterocycles. The van der Waals surface area contributed by atoms with Crippen LogP contribution in [0.15, 0.2) is 53.6 Å². The number of carbonyl (C=O) groups is 4. The zero-order valence-electron chi connectivity index (χ0n) is 19.0. The summed E-state index contributed by atoms with van der Waals surface area (Å²) in [5, 5.41) is 6.87. The number of hydrogen-bond acceptors (Lipinski definition) is 8. The van der Waals surface area contributed by atoms with E-state index in [1.165, 1.54) is 30.0 Å². The van der Waals surface area contributed by atoms with E-state index in [4.69, 9.17) is 9.47 Å². The normalized spacial score (nSPS) is 17.4. The van der Waals surface area contributed by atoms with Gasteiger partial charge < -0.3 is 14.8 Å².